The average Bonchev–Trinajstić information content (AvgIpc) is 2.58. The van der Waals surface area contributed by atoms with E-state index in [1.165, 1.54) is 4.88 Å². The molecule has 0 spiro atoms. The highest BCUT2D eigenvalue weighted by atomic mass is 32.2. The lowest BCUT2D eigenvalue weighted by molar-refractivity contribution is 0.602. The van der Waals surface area contributed by atoms with Gasteiger partial charge in [0.05, 0.1) is 17.2 Å². The molecule has 0 saturated carbocycles. The molecular weight excluding hydrogens is 232 g/mol. The van der Waals surface area contributed by atoms with Gasteiger partial charge in [0, 0.05) is 10.9 Å². The van der Waals surface area contributed by atoms with Gasteiger partial charge in [-0.05, 0) is 20.3 Å². The summed E-state index contributed by atoms with van der Waals surface area (Å²) in [5, 5.41) is 4.03. The molecule has 1 unspecified atom stereocenters. The molecule has 1 fully saturated rings. The maximum atomic E-state index is 11.2. The van der Waals surface area contributed by atoms with Gasteiger partial charge in [-0.1, -0.05) is 0 Å². The van der Waals surface area contributed by atoms with E-state index < -0.39 is 9.84 Å². The van der Waals surface area contributed by atoms with E-state index in [2.05, 4.69) is 10.3 Å². The van der Waals surface area contributed by atoms with Crippen LogP contribution < -0.4 is 5.32 Å². The van der Waals surface area contributed by atoms with Gasteiger partial charge < -0.3 is 5.32 Å². The summed E-state index contributed by atoms with van der Waals surface area (Å²) in [4.78, 5) is 5.51. The zero-order valence-corrected chi connectivity index (χ0v) is 10.4. The van der Waals surface area contributed by atoms with Crippen LogP contribution >= 0.6 is 11.3 Å². The zero-order valence-electron chi connectivity index (χ0n) is 8.78. The molecule has 4 nitrogen and oxygen atoms in total. The summed E-state index contributed by atoms with van der Waals surface area (Å²) in [6.07, 6.45) is 0.694. The highest BCUT2D eigenvalue weighted by Crippen LogP contribution is 2.24. The van der Waals surface area contributed by atoms with Crippen LogP contribution in [0, 0.1) is 13.8 Å². The van der Waals surface area contributed by atoms with Crippen molar-refractivity contribution in [2.24, 2.45) is 0 Å². The summed E-state index contributed by atoms with van der Waals surface area (Å²) in [5.74, 6) is 0.540. The maximum absolute atomic E-state index is 11.2. The SMILES string of the molecule is Cc1nc(NC2CCS(=O)(=O)C2)sc1C. The van der Waals surface area contributed by atoms with E-state index in [-0.39, 0.29) is 11.8 Å². The van der Waals surface area contributed by atoms with Crippen LogP contribution in [0.5, 0.6) is 0 Å². The molecule has 1 aliphatic rings. The third-order valence-electron chi connectivity index (χ3n) is 2.59. The molecule has 1 aliphatic heterocycles. The van der Waals surface area contributed by atoms with Crippen molar-refractivity contribution in [1.29, 1.82) is 0 Å². The first kappa shape index (κ1) is 10.9. The van der Waals surface area contributed by atoms with Crippen LogP contribution in [0.25, 0.3) is 0 Å². The molecule has 0 radical (unpaired) electrons. The van der Waals surface area contributed by atoms with Crippen LogP contribution in [-0.2, 0) is 9.84 Å². The largest absolute Gasteiger partial charge is 0.358 e. The van der Waals surface area contributed by atoms with Crippen LogP contribution in [0.15, 0.2) is 0 Å². The highest BCUT2D eigenvalue weighted by molar-refractivity contribution is 7.91. The highest BCUT2D eigenvalue weighted by Gasteiger charge is 2.28. The van der Waals surface area contributed by atoms with Crippen LogP contribution in [0.3, 0.4) is 0 Å². The number of hydrogen-bond acceptors (Lipinski definition) is 5. The number of aromatic nitrogens is 1. The minimum absolute atomic E-state index is 0.0416. The molecule has 15 heavy (non-hydrogen) atoms. The van der Waals surface area contributed by atoms with Crippen molar-refractivity contribution in [2.45, 2.75) is 26.3 Å². The van der Waals surface area contributed by atoms with Crippen LogP contribution in [-0.4, -0.2) is 30.9 Å². The number of anilines is 1. The Morgan fingerprint density at radius 1 is 1.47 bits per heavy atom. The Morgan fingerprint density at radius 3 is 2.67 bits per heavy atom. The van der Waals surface area contributed by atoms with Gasteiger partial charge in [-0.2, -0.15) is 0 Å². The molecule has 0 amide bonds. The molecule has 0 aromatic carbocycles. The van der Waals surface area contributed by atoms with Crippen molar-refractivity contribution >= 4 is 26.3 Å². The molecule has 6 heteroatoms. The van der Waals surface area contributed by atoms with Crippen molar-refractivity contribution in [2.75, 3.05) is 16.8 Å². The fourth-order valence-electron chi connectivity index (χ4n) is 1.62. The smallest absolute Gasteiger partial charge is 0.183 e. The number of aryl methyl sites for hydroxylation is 2. The third-order valence-corrected chi connectivity index (χ3v) is 5.36. The first-order valence-electron chi connectivity index (χ1n) is 4.87. The molecule has 1 aromatic heterocycles. The van der Waals surface area contributed by atoms with Crippen molar-refractivity contribution < 1.29 is 8.42 Å². The van der Waals surface area contributed by atoms with Gasteiger partial charge in [0.2, 0.25) is 0 Å². The molecule has 0 bridgehead atoms. The second-order valence-corrected chi connectivity index (χ2v) is 7.34. The first-order valence-corrected chi connectivity index (χ1v) is 7.51. The Morgan fingerprint density at radius 2 is 2.20 bits per heavy atom. The molecule has 84 valence electrons. The Balaban J connectivity index is 2.04. The van der Waals surface area contributed by atoms with Gasteiger partial charge in [-0.25, -0.2) is 13.4 Å². The van der Waals surface area contributed by atoms with Gasteiger partial charge in [0.1, 0.15) is 0 Å². The third kappa shape index (κ3) is 2.49. The summed E-state index contributed by atoms with van der Waals surface area (Å²) in [6.45, 7) is 3.98. The molecular formula is C9H14N2O2S2. The fraction of sp³-hybridized carbons (Fsp3) is 0.667. The van der Waals surface area contributed by atoms with Crippen LogP contribution in [0.1, 0.15) is 17.0 Å². The Kier molecular flexibility index (Phi) is 2.72. The van der Waals surface area contributed by atoms with Gasteiger partial charge in [0.15, 0.2) is 15.0 Å². The van der Waals surface area contributed by atoms with Gasteiger partial charge in [-0.15, -0.1) is 11.3 Å². The van der Waals surface area contributed by atoms with Crippen molar-refractivity contribution in [1.82, 2.24) is 4.98 Å². The van der Waals surface area contributed by atoms with E-state index in [1.807, 2.05) is 13.8 Å². The maximum Gasteiger partial charge on any atom is 0.183 e. The minimum atomic E-state index is -2.80. The second-order valence-electron chi connectivity index (χ2n) is 3.90. The van der Waals surface area contributed by atoms with E-state index in [0.717, 1.165) is 10.8 Å². The van der Waals surface area contributed by atoms with Crippen molar-refractivity contribution in [3.8, 4) is 0 Å². The molecule has 1 atom stereocenters. The van der Waals surface area contributed by atoms with E-state index in [0.29, 0.717) is 12.2 Å². The molecule has 1 saturated heterocycles. The van der Waals surface area contributed by atoms with E-state index in [9.17, 15) is 8.42 Å². The number of thiazole rings is 1. The summed E-state index contributed by atoms with van der Waals surface area (Å²) in [5.41, 5.74) is 1.02. The van der Waals surface area contributed by atoms with Crippen LogP contribution in [0.4, 0.5) is 5.13 Å². The summed E-state index contributed by atoms with van der Waals surface area (Å²) in [6, 6.07) is 0.0416. The normalized spacial score (nSPS) is 24.3. The second kappa shape index (κ2) is 3.75. The lowest BCUT2D eigenvalue weighted by Gasteiger charge is -2.07. The molecule has 1 N–H and O–H groups in total. The number of rotatable bonds is 2. The standard InChI is InChI=1S/C9H14N2O2S2/c1-6-7(2)14-9(10-6)11-8-3-4-15(12,13)5-8/h8H,3-5H2,1-2H3,(H,10,11). The van der Waals surface area contributed by atoms with Gasteiger partial charge >= 0.3 is 0 Å². The van der Waals surface area contributed by atoms with Crippen LogP contribution in [0.2, 0.25) is 0 Å². The Hall–Kier alpha value is -0.620. The lowest BCUT2D eigenvalue weighted by Crippen LogP contribution is -2.20. The molecule has 1 aromatic rings. The number of nitrogens with one attached hydrogen (secondary N) is 1. The predicted molar refractivity (Wildman–Crippen MR) is 62.3 cm³/mol. The first-order chi connectivity index (χ1) is 6.96. The number of sulfone groups is 1. The van der Waals surface area contributed by atoms with Gasteiger partial charge in [0.25, 0.3) is 0 Å². The average molecular weight is 246 g/mol. The summed E-state index contributed by atoms with van der Waals surface area (Å²) >= 11 is 1.58. The molecule has 2 heterocycles. The minimum Gasteiger partial charge on any atom is -0.358 e. The predicted octanol–water partition coefficient (Wildman–Crippen LogP) is 1.36. The molecule has 0 aliphatic carbocycles. The van der Waals surface area contributed by atoms with Crippen molar-refractivity contribution in [3.63, 3.8) is 0 Å². The monoisotopic (exact) mass is 246 g/mol. The topological polar surface area (TPSA) is 59.1 Å². The molecule has 2 rings (SSSR count). The van der Waals surface area contributed by atoms with E-state index >= 15 is 0 Å². The number of hydrogen-bond donors (Lipinski definition) is 1. The number of nitrogens with zero attached hydrogens (tertiary/aromatic N) is 1. The summed E-state index contributed by atoms with van der Waals surface area (Å²) in [7, 11) is -2.80. The fourth-order valence-corrected chi connectivity index (χ4v) is 4.18. The summed E-state index contributed by atoms with van der Waals surface area (Å²) < 4.78 is 22.5. The Bertz CT molecular complexity index is 445. The van der Waals surface area contributed by atoms with Crippen molar-refractivity contribution in [3.05, 3.63) is 10.6 Å². The van der Waals surface area contributed by atoms with Gasteiger partial charge in [-0.3, -0.25) is 0 Å². The lowest BCUT2D eigenvalue weighted by atomic mass is 10.3. The zero-order chi connectivity index (χ0) is 11.1. The Labute approximate surface area is 93.7 Å². The van der Waals surface area contributed by atoms with E-state index in [4.69, 9.17) is 0 Å². The quantitative estimate of drug-likeness (QED) is 0.856. The van der Waals surface area contributed by atoms with E-state index in [1.54, 1.807) is 11.3 Å².